The number of ether oxygens (including phenoxy) is 4. The summed E-state index contributed by atoms with van der Waals surface area (Å²) in [6, 6.07) is 0. The molecule has 0 saturated heterocycles. The Morgan fingerprint density at radius 3 is 0.710 bits per heavy atom. The summed E-state index contributed by atoms with van der Waals surface area (Å²) in [5.41, 5.74) is 0. The van der Waals surface area contributed by atoms with Crippen LogP contribution in [0.25, 0.3) is 0 Å². The van der Waals surface area contributed by atoms with Crippen molar-refractivity contribution in [2.24, 2.45) is 23.7 Å². The van der Waals surface area contributed by atoms with Crippen molar-refractivity contribution in [1.82, 2.24) is 0 Å². The number of aliphatic hydroxyl groups is 1. The van der Waals surface area contributed by atoms with Crippen molar-refractivity contribution in [2.75, 3.05) is 39.6 Å². The molecular formula is C81H158O17P2. The second-order valence-corrected chi connectivity index (χ2v) is 33.5. The van der Waals surface area contributed by atoms with Crippen LogP contribution in [0, 0.1) is 23.7 Å². The molecule has 0 rings (SSSR count). The molecule has 0 bridgehead atoms. The smallest absolute Gasteiger partial charge is 0.462 e. The van der Waals surface area contributed by atoms with Crippen LogP contribution in [0.15, 0.2) is 0 Å². The summed E-state index contributed by atoms with van der Waals surface area (Å²) in [5, 5.41) is 10.6. The highest BCUT2D eigenvalue weighted by Crippen LogP contribution is 2.45. The Bertz CT molecular complexity index is 1960. The van der Waals surface area contributed by atoms with Gasteiger partial charge in [0.25, 0.3) is 0 Å². The number of phosphoric ester groups is 2. The molecule has 3 N–H and O–H groups in total. The van der Waals surface area contributed by atoms with E-state index in [-0.39, 0.29) is 25.7 Å². The van der Waals surface area contributed by atoms with Crippen LogP contribution in [0.1, 0.15) is 415 Å². The normalized spacial score (nSPS) is 14.6. The van der Waals surface area contributed by atoms with Gasteiger partial charge < -0.3 is 33.8 Å². The minimum Gasteiger partial charge on any atom is -0.462 e. The highest BCUT2D eigenvalue weighted by atomic mass is 31.2. The number of esters is 4. The van der Waals surface area contributed by atoms with Gasteiger partial charge in [-0.05, 0) is 49.4 Å². The molecule has 19 heteroatoms. The highest BCUT2D eigenvalue weighted by Gasteiger charge is 2.30. The molecule has 0 fully saturated rings. The second kappa shape index (κ2) is 70.1. The van der Waals surface area contributed by atoms with Gasteiger partial charge in [0.2, 0.25) is 0 Å². The lowest BCUT2D eigenvalue weighted by Crippen LogP contribution is -2.30. The molecule has 0 aliphatic carbocycles. The Hall–Kier alpha value is -1.94. The van der Waals surface area contributed by atoms with Crippen molar-refractivity contribution < 1.29 is 80.2 Å². The topological polar surface area (TPSA) is 237 Å². The molecule has 0 aliphatic heterocycles. The average molecular weight is 1470 g/mol. The van der Waals surface area contributed by atoms with E-state index < -0.39 is 97.5 Å². The number of hydrogen-bond acceptors (Lipinski definition) is 15. The Morgan fingerprint density at radius 1 is 0.280 bits per heavy atom. The van der Waals surface area contributed by atoms with Crippen LogP contribution in [0.5, 0.6) is 0 Å². The first-order chi connectivity index (χ1) is 48.2. The number of phosphoric acid groups is 2. The molecule has 0 aliphatic rings. The van der Waals surface area contributed by atoms with Crippen LogP contribution in [-0.2, 0) is 65.4 Å². The Kier molecular flexibility index (Phi) is 68.7. The zero-order chi connectivity index (χ0) is 73.8. The Labute approximate surface area is 613 Å². The molecule has 0 amide bonds. The Balaban J connectivity index is 5.17. The number of aliphatic hydroxyl groups excluding tert-OH is 1. The van der Waals surface area contributed by atoms with Gasteiger partial charge in [0.05, 0.1) is 26.4 Å². The van der Waals surface area contributed by atoms with Crippen LogP contribution in [0.3, 0.4) is 0 Å². The monoisotopic (exact) mass is 1470 g/mol. The summed E-state index contributed by atoms with van der Waals surface area (Å²) in [6.45, 7) is 14.2. The highest BCUT2D eigenvalue weighted by molar-refractivity contribution is 7.47. The summed E-state index contributed by atoms with van der Waals surface area (Å²) in [4.78, 5) is 72.9. The largest absolute Gasteiger partial charge is 0.472 e. The average Bonchev–Trinajstić information content (AvgIpc) is 0.911. The van der Waals surface area contributed by atoms with E-state index in [9.17, 15) is 43.2 Å². The first kappa shape index (κ1) is 98.1. The van der Waals surface area contributed by atoms with E-state index in [0.717, 1.165) is 114 Å². The van der Waals surface area contributed by atoms with Crippen molar-refractivity contribution in [1.29, 1.82) is 0 Å². The zero-order valence-corrected chi connectivity index (χ0v) is 67.6. The predicted molar refractivity (Wildman–Crippen MR) is 409 cm³/mol. The molecule has 0 spiro atoms. The van der Waals surface area contributed by atoms with Crippen LogP contribution in [0.4, 0.5) is 0 Å². The molecule has 4 unspecified atom stereocenters. The summed E-state index contributed by atoms with van der Waals surface area (Å²) in [6.07, 6.45) is 57.1. The van der Waals surface area contributed by atoms with Crippen molar-refractivity contribution in [3.63, 3.8) is 0 Å². The Morgan fingerprint density at radius 2 is 0.480 bits per heavy atom. The molecule has 0 saturated carbocycles. The molecule has 594 valence electrons. The maximum Gasteiger partial charge on any atom is 0.472 e. The van der Waals surface area contributed by atoms with Gasteiger partial charge in [0.15, 0.2) is 12.2 Å². The van der Waals surface area contributed by atoms with Gasteiger partial charge in [0, 0.05) is 25.7 Å². The van der Waals surface area contributed by atoms with Gasteiger partial charge in [0.1, 0.15) is 19.3 Å². The van der Waals surface area contributed by atoms with Crippen molar-refractivity contribution in [3.05, 3.63) is 0 Å². The van der Waals surface area contributed by atoms with Gasteiger partial charge in [-0.3, -0.25) is 37.3 Å². The van der Waals surface area contributed by atoms with Crippen LogP contribution in [-0.4, -0.2) is 96.7 Å². The minimum absolute atomic E-state index is 0.107. The molecule has 0 radical (unpaired) electrons. The standard InChI is InChI=1S/C81H158O17P2/c1-9-73(7)59-51-43-34-28-24-20-15-13-11-12-14-16-21-25-29-37-47-55-64-81(86)98-77(68-92-79(84)62-54-46-40-39-42-50-58-72(5)6)70-96-100(89,90)94-66-75(82)65-93-99(87,88)95-69-76(67-91-78(83)61-53-45-36-32-31-35-44-52-60-74(8)10-2)97-80(85)63-56-48-38-30-26-22-18-17-19-23-27-33-41-49-57-71(3)4/h71-77,82H,9-70H2,1-8H3,(H,87,88)(H,89,90)/t73?,74?,75-,76-,77-/m1/s1. The molecule has 0 aromatic heterocycles. The molecule has 100 heavy (non-hydrogen) atoms. The van der Waals surface area contributed by atoms with Crippen LogP contribution >= 0.6 is 15.6 Å². The number of carbonyl (C=O) groups is 4. The van der Waals surface area contributed by atoms with Gasteiger partial charge in [-0.15, -0.1) is 0 Å². The lowest BCUT2D eigenvalue weighted by atomic mass is 9.99. The zero-order valence-electron chi connectivity index (χ0n) is 65.8. The van der Waals surface area contributed by atoms with Gasteiger partial charge in [-0.2, -0.15) is 0 Å². The predicted octanol–water partition coefficient (Wildman–Crippen LogP) is 24.0. The maximum absolute atomic E-state index is 13.1. The number of hydrogen-bond donors (Lipinski definition) is 3. The molecule has 0 heterocycles. The fourth-order valence-electron chi connectivity index (χ4n) is 12.4. The third-order valence-corrected chi connectivity index (χ3v) is 21.4. The maximum atomic E-state index is 13.1. The van der Waals surface area contributed by atoms with E-state index in [1.165, 1.54) is 212 Å². The van der Waals surface area contributed by atoms with Crippen molar-refractivity contribution in [3.8, 4) is 0 Å². The minimum atomic E-state index is -4.96. The van der Waals surface area contributed by atoms with E-state index in [2.05, 4.69) is 55.4 Å². The van der Waals surface area contributed by atoms with Gasteiger partial charge >= 0.3 is 39.5 Å². The molecule has 7 atom stereocenters. The third-order valence-electron chi connectivity index (χ3n) is 19.5. The van der Waals surface area contributed by atoms with Gasteiger partial charge in [-0.1, -0.05) is 364 Å². The third kappa shape index (κ3) is 71.7. The fourth-order valence-corrected chi connectivity index (χ4v) is 13.9. The van der Waals surface area contributed by atoms with E-state index in [4.69, 9.17) is 37.0 Å². The SMILES string of the molecule is CCC(C)CCCCCCCCCCCCCCCCCCCCC(=O)O[C@H](COC(=O)CCCCCCCCC(C)C)COP(=O)(O)OC[C@H](O)COP(=O)(O)OC[C@@H](COC(=O)CCCCCCCCCCC(C)CC)OC(=O)CCCCCCCCCCCCCCCCC(C)C. The quantitative estimate of drug-likeness (QED) is 0.0222. The lowest BCUT2D eigenvalue weighted by Gasteiger charge is -2.21. The van der Waals surface area contributed by atoms with Crippen LogP contribution < -0.4 is 0 Å². The van der Waals surface area contributed by atoms with Crippen LogP contribution in [0.2, 0.25) is 0 Å². The lowest BCUT2D eigenvalue weighted by molar-refractivity contribution is -0.161. The summed E-state index contributed by atoms with van der Waals surface area (Å²) in [5.74, 6) is 1.01. The van der Waals surface area contributed by atoms with E-state index in [1.54, 1.807) is 0 Å². The van der Waals surface area contributed by atoms with Crippen molar-refractivity contribution in [2.45, 2.75) is 433 Å². The first-order valence-electron chi connectivity index (χ1n) is 41.8. The molecule has 0 aromatic rings. The van der Waals surface area contributed by atoms with E-state index in [0.29, 0.717) is 31.6 Å². The number of unbranched alkanes of at least 4 members (excludes halogenated alkanes) is 42. The molecular weight excluding hydrogens is 1310 g/mol. The molecule has 17 nitrogen and oxygen atoms in total. The van der Waals surface area contributed by atoms with Crippen molar-refractivity contribution >= 4 is 39.5 Å². The number of rotatable bonds is 78. The molecule has 0 aromatic carbocycles. The first-order valence-corrected chi connectivity index (χ1v) is 44.8. The van der Waals surface area contributed by atoms with E-state index in [1.807, 2.05) is 0 Å². The number of carbonyl (C=O) groups excluding carboxylic acids is 4. The summed E-state index contributed by atoms with van der Waals surface area (Å²) in [7, 11) is -9.92. The van der Waals surface area contributed by atoms with Gasteiger partial charge in [-0.25, -0.2) is 9.13 Å². The second-order valence-electron chi connectivity index (χ2n) is 30.6. The fraction of sp³-hybridized carbons (Fsp3) is 0.951. The summed E-state index contributed by atoms with van der Waals surface area (Å²) >= 11 is 0. The van der Waals surface area contributed by atoms with E-state index >= 15 is 0 Å². The summed E-state index contributed by atoms with van der Waals surface area (Å²) < 4.78 is 68.6.